The van der Waals surface area contributed by atoms with Gasteiger partial charge in [0.1, 0.15) is 6.54 Å². The second-order valence-electron chi connectivity index (χ2n) is 4.78. The van der Waals surface area contributed by atoms with Crippen molar-refractivity contribution in [3.8, 4) is 6.07 Å². The number of ether oxygens (including phenoxy) is 1. The second kappa shape index (κ2) is 8.75. The first-order chi connectivity index (χ1) is 11.7. The van der Waals surface area contributed by atoms with Crippen LogP contribution in [0.3, 0.4) is 0 Å². The molecule has 0 aliphatic heterocycles. The summed E-state index contributed by atoms with van der Waals surface area (Å²) in [5.74, 6) is -1.02. The molecular weight excluding hydrogens is 324 g/mol. The highest BCUT2D eigenvalue weighted by Gasteiger charge is 2.17. The van der Waals surface area contributed by atoms with Gasteiger partial charge in [-0.3, -0.25) is 9.69 Å². The molecule has 0 radical (unpaired) electrons. The topological polar surface area (TPSA) is 70.4 Å². The molecular formula is C18H16N2O3S. The fraction of sp³-hybridized carbons (Fsp3) is 0.167. The zero-order chi connectivity index (χ0) is 17.4. The van der Waals surface area contributed by atoms with E-state index in [0.29, 0.717) is 11.3 Å². The Kier molecular flexibility index (Phi) is 6.41. The van der Waals surface area contributed by atoms with Crippen LogP contribution < -0.4 is 4.90 Å². The molecule has 0 spiro atoms. The van der Waals surface area contributed by atoms with Crippen LogP contribution in [0.25, 0.3) is 0 Å². The summed E-state index contributed by atoms with van der Waals surface area (Å²) in [5, 5.41) is 8.90. The first-order valence-electron chi connectivity index (χ1n) is 7.19. The highest BCUT2D eigenvalue weighted by atomic mass is 32.2. The number of hydrogen-bond acceptors (Lipinski definition) is 5. The zero-order valence-electron chi connectivity index (χ0n) is 13.1. The number of esters is 1. The number of carbonyl (C=O) groups excluding carboxylic acids is 2. The van der Waals surface area contributed by atoms with Gasteiger partial charge in [0, 0.05) is 10.6 Å². The summed E-state index contributed by atoms with van der Waals surface area (Å²) in [6.45, 7) is -0.525. The first-order valence-corrected chi connectivity index (χ1v) is 8.41. The molecule has 24 heavy (non-hydrogen) atoms. The molecule has 0 aliphatic carbocycles. The van der Waals surface area contributed by atoms with Crippen LogP contribution in [0.4, 0.5) is 5.69 Å². The van der Waals surface area contributed by atoms with Crippen LogP contribution in [-0.2, 0) is 9.53 Å². The van der Waals surface area contributed by atoms with E-state index in [1.165, 1.54) is 4.90 Å². The fourth-order valence-corrected chi connectivity index (χ4v) is 2.43. The standard InChI is InChI=1S/C18H16N2O3S/c1-24-16-9-7-14(8-10-16)18(22)23-13-17(21)20(12-11-19)15-5-3-2-4-6-15/h2-10H,12-13H2,1H3. The minimum absolute atomic E-state index is 0.108. The second-order valence-corrected chi connectivity index (χ2v) is 5.66. The van der Waals surface area contributed by atoms with Crippen molar-refractivity contribution in [3.63, 3.8) is 0 Å². The monoisotopic (exact) mass is 340 g/mol. The Morgan fingerprint density at radius 1 is 1.12 bits per heavy atom. The molecule has 6 heteroatoms. The summed E-state index contributed by atoms with van der Waals surface area (Å²) < 4.78 is 5.07. The SMILES string of the molecule is CSc1ccc(C(=O)OCC(=O)N(CC#N)c2ccccc2)cc1. The third kappa shape index (κ3) is 4.61. The number of anilines is 1. The minimum Gasteiger partial charge on any atom is -0.452 e. The van der Waals surface area contributed by atoms with Gasteiger partial charge in [0.15, 0.2) is 6.61 Å². The van der Waals surface area contributed by atoms with Crippen LogP contribution >= 0.6 is 11.8 Å². The van der Waals surface area contributed by atoms with E-state index >= 15 is 0 Å². The molecule has 0 saturated heterocycles. The average Bonchev–Trinajstić information content (AvgIpc) is 2.64. The number of nitriles is 1. The van der Waals surface area contributed by atoms with Crippen LogP contribution in [0.5, 0.6) is 0 Å². The van der Waals surface area contributed by atoms with Gasteiger partial charge in [-0.25, -0.2) is 4.79 Å². The molecule has 2 aromatic carbocycles. The van der Waals surface area contributed by atoms with E-state index in [1.807, 2.05) is 30.5 Å². The van der Waals surface area contributed by atoms with Gasteiger partial charge in [-0.05, 0) is 42.7 Å². The number of benzene rings is 2. The molecule has 5 nitrogen and oxygen atoms in total. The zero-order valence-corrected chi connectivity index (χ0v) is 14.0. The van der Waals surface area contributed by atoms with E-state index in [9.17, 15) is 9.59 Å². The van der Waals surface area contributed by atoms with Crippen molar-refractivity contribution in [1.82, 2.24) is 0 Å². The van der Waals surface area contributed by atoms with Gasteiger partial charge in [0.05, 0.1) is 11.6 Å². The number of rotatable bonds is 6. The maximum absolute atomic E-state index is 12.3. The summed E-state index contributed by atoms with van der Waals surface area (Å²) in [6.07, 6.45) is 1.94. The van der Waals surface area contributed by atoms with Crippen LogP contribution in [0, 0.1) is 11.3 Å². The Bertz CT molecular complexity index is 739. The number of carbonyl (C=O) groups is 2. The van der Waals surface area contributed by atoms with Crippen molar-refractivity contribution in [2.45, 2.75) is 4.90 Å². The predicted octanol–water partition coefficient (Wildman–Crippen LogP) is 3.12. The lowest BCUT2D eigenvalue weighted by Gasteiger charge is -2.19. The summed E-state index contributed by atoms with van der Waals surface area (Å²) in [7, 11) is 0. The Balaban J connectivity index is 1.99. The van der Waals surface area contributed by atoms with Crippen molar-refractivity contribution < 1.29 is 14.3 Å². The highest BCUT2D eigenvalue weighted by molar-refractivity contribution is 7.98. The van der Waals surface area contributed by atoms with Gasteiger partial charge in [-0.1, -0.05) is 18.2 Å². The largest absolute Gasteiger partial charge is 0.452 e. The maximum Gasteiger partial charge on any atom is 0.338 e. The van der Waals surface area contributed by atoms with Crippen molar-refractivity contribution in [3.05, 3.63) is 60.2 Å². The van der Waals surface area contributed by atoms with E-state index in [2.05, 4.69) is 0 Å². The molecule has 0 fully saturated rings. The third-order valence-corrected chi connectivity index (χ3v) is 3.99. The highest BCUT2D eigenvalue weighted by Crippen LogP contribution is 2.16. The molecule has 0 saturated carbocycles. The van der Waals surface area contributed by atoms with Gasteiger partial charge >= 0.3 is 5.97 Å². The normalized spacial score (nSPS) is 9.83. The summed E-state index contributed by atoms with van der Waals surface area (Å²) >= 11 is 1.57. The van der Waals surface area contributed by atoms with Crippen molar-refractivity contribution in [2.24, 2.45) is 0 Å². The predicted molar refractivity (Wildman–Crippen MR) is 92.9 cm³/mol. The van der Waals surface area contributed by atoms with E-state index in [1.54, 1.807) is 48.2 Å². The van der Waals surface area contributed by atoms with Gasteiger partial charge in [0.25, 0.3) is 5.91 Å². The van der Waals surface area contributed by atoms with Crippen molar-refractivity contribution in [2.75, 3.05) is 24.3 Å². The van der Waals surface area contributed by atoms with Gasteiger partial charge < -0.3 is 4.74 Å². The van der Waals surface area contributed by atoms with Crippen molar-refractivity contribution in [1.29, 1.82) is 5.26 Å². The Morgan fingerprint density at radius 2 is 1.79 bits per heavy atom. The maximum atomic E-state index is 12.3. The molecule has 0 heterocycles. The van der Waals surface area contributed by atoms with E-state index in [0.717, 1.165) is 4.90 Å². The molecule has 2 rings (SSSR count). The number of hydrogen-bond donors (Lipinski definition) is 0. The molecule has 2 aromatic rings. The Hall–Kier alpha value is -2.78. The number of amides is 1. The molecule has 0 unspecified atom stereocenters. The average molecular weight is 340 g/mol. The van der Waals surface area contributed by atoms with Gasteiger partial charge in [-0.2, -0.15) is 5.26 Å². The Labute approximate surface area is 144 Å². The molecule has 0 aromatic heterocycles. The van der Waals surface area contributed by atoms with Crippen LogP contribution in [0.1, 0.15) is 10.4 Å². The van der Waals surface area contributed by atoms with E-state index in [-0.39, 0.29) is 6.54 Å². The fourth-order valence-electron chi connectivity index (χ4n) is 2.02. The van der Waals surface area contributed by atoms with Crippen LogP contribution in [0.2, 0.25) is 0 Å². The smallest absolute Gasteiger partial charge is 0.338 e. The van der Waals surface area contributed by atoms with Crippen molar-refractivity contribution >= 4 is 29.3 Å². The summed E-state index contributed by atoms with van der Waals surface area (Å²) in [5.41, 5.74) is 0.969. The molecule has 0 bridgehead atoms. The molecule has 1 amide bonds. The Morgan fingerprint density at radius 3 is 2.38 bits per heavy atom. The summed E-state index contributed by atoms with van der Waals surface area (Å²) in [4.78, 5) is 26.6. The third-order valence-electron chi connectivity index (χ3n) is 3.25. The van der Waals surface area contributed by atoms with E-state index < -0.39 is 18.5 Å². The number of para-hydroxylation sites is 1. The number of thioether (sulfide) groups is 1. The molecule has 0 aliphatic rings. The number of nitrogens with zero attached hydrogens (tertiary/aromatic N) is 2. The van der Waals surface area contributed by atoms with E-state index in [4.69, 9.17) is 10.00 Å². The lowest BCUT2D eigenvalue weighted by molar-refractivity contribution is -0.121. The van der Waals surface area contributed by atoms with Crippen LogP contribution in [-0.4, -0.2) is 31.3 Å². The first kappa shape index (κ1) is 17.6. The lowest BCUT2D eigenvalue weighted by atomic mass is 10.2. The molecule has 0 N–H and O–H groups in total. The summed E-state index contributed by atoms with van der Waals surface area (Å²) in [6, 6.07) is 17.7. The van der Waals surface area contributed by atoms with Gasteiger partial charge in [0.2, 0.25) is 0 Å². The molecule has 122 valence electrons. The molecule has 0 atom stereocenters. The van der Waals surface area contributed by atoms with Crippen LogP contribution in [0.15, 0.2) is 59.5 Å². The quantitative estimate of drug-likeness (QED) is 0.459. The lowest BCUT2D eigenvalue weighted by Crippen LogP contribution is -2.35. The van der Waals surface area contributed by atoms with Gasteiger partial charge in [-0.15, -0.1) is 11.8 Å². The minimum atomic E-state index is -0.569.